The fourth-order valence-corrected chi connectivity index (χ4v) is 3.32. The minimum Gasteiger partial charge on any atom is -0.497 e. The van der Waals surface area contributed by atoms with Crippen LogP contribution in [0.15, 0.2) is 72.8 Å². The number of para-hydroxylation sites is 2. The number of methoxy groups -OCH3 is 1. The first-order valence-corrected chi connectivity index (χ1v) is 9.79. The van der Waals surface area contributed by atoms with Crippen molar-refractivity contribution in [2.45, 2.75) is 0 Å². The summed E-state index contributed by atoms with van der Waals surface area (Å²) in [5.74, 6) is 0.884. The molecule has 0 aliphatic carbocycles. The van der Waals surface area contributed by atoms with Crippen LogP contribution in [-0.4, -0.2) is 35.0 Å². The number of carbonyl (C=O) groups is 2. The van der Waals surface area contributed by atoms with E-state index in [0.717, 1.165) is 22.4 Å². The van der Waals surface area contributed by atoms with Gasteiger partial charge >= 0.3 is 0 Å². The largest absolute Gasteiger partial charge is 0.497 e. The highest BCUT2D eigenvalue weighted by Gasteiger charge is 2.11. The molecule has 7 nitrogen and oxygen atoms in total. The summed E-state index contributed by atoms with van der Waals surface area (Å²) in [6.45, 7) is -0.128. The summed E-state index contributed by atoms with van der Waals surface area (Å²) in [6, 6.07) is 22.1. The molecule has 2 N–H and O–H groups in total. The van der Waals surface area contributed by atoms with Crippen LogP contribution in [0.5, 0.6) is 5.75 Å². The van der Waals surface area contributed by atoms with Crippen molar-refractivity contribution < 1.29 is 14.3 Å². The highest BCUT2D eigenvalue weighted by molar-refractivity contribution is 5.99. The first kappa shape index (κ1) is 20.2. The zero-order valence-electron chi connectivity index (χ0n) is 17.3. The van der Waals surface area contributed by atoms with Gasteiger partial charge in [0.15, 0.2) is 0 Å². The Kier molecular flexibility index (Phi) is 5.66. The number of hydrogen-bond donors (Lipinski definition) is 2. The Morgan fingerprint density at radius 2 is 1.68 bits per heavy atom. The van der Waals surface area contributed by atoms with Gasteiger partial charge in [-0.25, -0.2) is 4.98 Å². The highest BCUT2D eigenvalue weighted by Crippen LogP contribution is 2.24. The number of aromatic nitrogens is 2. The van der Waals surface area contributed by atoms with Crippen molar-refractivity contribution in [2.75, 3.05) is 19.0 Å². The standard InChI is InChI=1S/C24H22N4O3/c1-28-21-6-4-3-5-20(21)27-23(28)16-7-11-18(12-8-16)26-22(29)15-25-24(30)17-9-13-19(31-2)14-10-17/h3-14H,15H2,1-2H3,(H,25,30)(H,26,29). The van der Waals surface area contributed by atoms with E-state index in [2.05, 4.69) is 15.6 Å². The second-order valence-electron chi connectivity index (χ2n) is 7.02. The lowest BCUT2D eigenvalue weighted by atomic mass is 10.2. The number of ether oxygens (including phenoxy) is 1. The molecule has 4 rings (SSSR count). The van der Waals surface area contributed by atoms with E-state index in [4.69, 9.17) is 4.74 Å². The van der Waals surface area contributed by atoms with E-state index >= 15 is 0 Å². The number of nitrogens with one attached hydrogen (secondary N) is 2. The van der Waals surface area contributed by atoms with E-state index in [1.807, 2.05) is 60.1 Å². The zero-order chi connectivity index (χ0) is 21.8. The molecule has 2 amide bonds. The third kappa shape index (κ3) is 4.40. The molecule has 1 aromatic heterocycles. The Labute approximate surface area is 179 Å². The summed E-state index contributed by atoms with van der Waals surface area (Å²) in [5.41, 5.74) is 4.04. The van der Waals surface area contributed by atoms with E-state index < -0.39 is 0 Å². The molecule has 156 valence electrons. The molecular weight excluding hydrogens is 392 g/mol. The molecule has 0 aliphatic rings. The van der Waals surface area contributed by atoms with Gasteiger partial charge in [0.2, 0.25) is 5.91 Å². The molecule has 1 heterocycles. The van der Waals surface area contributed by atoms with E-state index in [0.29, 0.717) is 17.0 Å². The van der Waals surface area contributed by atoms with Crippen molar-refractivity contribution in [1.29, 1.82) is 0 Å². The lowest BCUT2D eigenvalue weighted by Gasteiger charge is -2.08. The zero-order valence-corrected chi connectivity index (χ0v) is 17.3. The van der Waals surface area contributed by atoms with Crippen LogP contribution in [-0.2, 0) is 11.8 Å². The van der Waals surface area contributed by atoms with Crippen LogP contribution in [0.4, 0.5) is 5.69 Å². The number of nitrogens with zero attached hydrogens (tertiary/aromatic N) is 2. The lowest BCUT2D eigenvalue weighted by Crippen LogP contribution is -2.32. The molecule has 0 unspecified atom stereocenters. The summed E-state index contributed by atoms with van der Waals surface area (Å²) in [7, 11) is 3.54. The van der Waals surface area contributed by atoms with Gasteiger partial charge in [0.05, 0.1) is 24.7 Å². The van der Waals surface area contributed by atoms with Gasteiger partial charge in [-0.05, 0) is 60.7 Å². The minimum atomic E-state index is -0.324. The number of fused-ring (bicyclic) bond motifs is 1. The van der Waals surface area contributed by atoms with Gasteiger partial charge in [0, 0.05) is 23.9 Å². The predicted octanol–water partition coefficient (Wildman–Crippen LogP) is 3.62. The van der Waals surface area contributed by atoms with Gasteiger partial charge in [-0.3, -0.25) is 9.59 Å². The molecule has 31 heavy (non-hydrogen) atoms. The maximum atomic E-state index is 12.2. The molecule has 3 aromatic carbocycles. The number of rotatable bonds is 6. The number of anilines is 1. The van der Waals surface area contributed by atoms with E-state index in [9.17, 15) is 9.59 Å². The molecule has 0 bridgehead atoms. The molecule has 4 aromatic rings. The van der Waals surface area contributed by atoms with Crippen molar-refractivity contribution in [2.24, 2.45) is 7.05 Å². The van der Waals surface area contributed by atoms with Crippen LogP contribution >= 0.6 is 0 Å². The second-order valence-corrected chi connectivity index (χ2v) is 7.02. The maximum Gasteiger partial charge on any atom is 0.251 e. The smallest absolute Gasteiger partial charge is 0.251 e. The fourth-order valence-electron chi connectivity index (χ4n) is 3.32. The van der Waals surface area contributed by atoms with Crippen LogP contribution in [0.2, 0.25) is 0 Å². The molecule has 0 atom stereocenters. The molecule has 0 radical (unpaired) electrons. The molecule has 7 heteroatoms. The summed E-state index contributed by atoms with van der Waals surface area (Å²) in [4.78, 5) is 29.1. The third-order valence-electron chi connectivity index (χ3n) is 4.98. The number of benzene rings is 3. The Morgan fingerprint density at radius 1 is 0.968 bits per heavy atom. The number of carbonyl (C=O) groups excluding carboxylic acids is 2. The average Bonchev–Trinajstić information content (AvgIpc) is 3.14. The molecule has 0 saturated heterocycles. The molecule has 0 fully saturated rings. The fraction of sp³-hybridized carbons (Fsp3) is 0.125. The quantitative estimate of drug-likeness (QED) is 0.505. The molecule has 0 saturated carbocycles. The van der Waals surface area contributed by atoms with E-state index in [1.54, 1.807) is 31.4 Å². The van der Waals surface area contributed by atoms with Gasteiger partial charge in [-0.2, -0.15) is 0 Å². The van der Waals surface area contributed by atoms with Crippen molar-refractivity contribution >= 4 is 28.5 Å². The summed E-state index contributed by atoms with van der Waals surface area (Å²) >= 11 is 0. The Bertz CT molecular complexity index is 1230. The average molecular weight is 414 g/mol. The first-order valence-electron chi connectivity index (χ1n) is 9.79. The highest BCUT2D eigenvalue weighted by atomic mass is 16.5. The van der Waals surface area contributed by atoms with E-state index in [-0.39, 0.29) is 18.4 Å². The van der Waals surface area contributed by atoms with Gasteiger partial charge in [-0.1, -0.05) is 12.1 Å². The molecule has 0 aliphatic heterocycles. The van der Waals surface area contributed by atoms with Crippen molar-refractivity contribution in [3.05, 3.63) is 78.4 Å². The lowest BCUT2D eigenvalue weighted by molar-refractivity contribution is -0.115. The number of amides is 2. The second kappa shape index (κ2) is 8.71. The van der Waals surface area contributed by atoms with E-state index in [1.165, 1.54) is 0 Å². The Morgan fingerprint density at radius 3 is 2.35 bits per heavy atom. The SMILES string of the molecule is COc1ccc(C(=O)NCC(=O)Nc2ccc(-c3nc4ccccc4n3C)cc2)cc1. The van der Waals surface area contributed by atoms with Gasteiger partial charge in [0.1, 0.15) is 11.6 Å². The monoisotopic (exact) mass is 414 g/mol. The molecular formula is C24H22N4O3. The van der Waals surface area contributed by atoms with Gasteiger partial charge in [-0.15, -0.1) is 0 Å². The topological polar surface area (TPSA) is 85.2 Å². The number of aryl methyl sites for hydroxylation is 1. The Hall–Kier alpha value is -4.13. The minimum absolute atomic E-state index is 0.128. The number of hydrogen-bond acceptors (Lipinski definition) is 4. The summed E-state index contributed by atoms with van der Waals surface area (Å²) in [6.07, 6.45) is 0. The van der Waals surface area contributed by atoms with Crippen LogP contribution in [0.1, 0.15) is 10.4 Å². The maximum absolute atomic E-state index is 12.2. The molecule has 0 spiro atoms. The summed E-state index contributed by atoms with van der Waals surface area (Å²) in [5, 5.41) is 5.40. The van der Waals surface area contributed by atoms with Crippen LogP contribution in [0.25, 0.3) is 22.4 Å². The van der Waals surface area contributed by atoms with Crippen molar-refractivity contribution in [3.63, 3.8) is 0 Å². The van der Waals surface area contributed by atoms with Crippen molar-refractivity contribution in [1.82, 2.24) is 14.9 Å². The predicted molar refractivity (Wildman–Crippen MR) is 120 cm³/mol. The van der Waals surface area contributed by atoms with Crippen molar-refractivity contribution in [3.8, 4) is 17.1 Å². The van der Waals surface area contributed by atoms with Crippen LogP contribution < -0.4 is 15.4 Å². The van der Waals surface area contributed by atoms with Gasteiger partial charge < -0.3 is 19.9 Å². The third-order valence-corrected chi connectivity index (χ3v) is 4.98. The van der Waals surface area contributed by atoms with Crippen LogP contribution in [0.3, 0.4) is 0 Å². The normalized spacial score (nSPS) is 10.6. The number of imidazole rings is 1. The van der Waals surface area contributed by atoms with Gasteiger partial charge in [0.25, 0.3) is 5.91 Å². The first-order chi connectivity index (χ1) is 15.0. The van der Waals surface area contributed by atoms with Crippen LogP contribution in [0, 0.1) is 0 Å². The Balaban J connectivity index is 1.36. The summed E-state index contributed by atoms with van der Waals surface area (Å²) < 4.78 is 7.11.